The van der Waals surface area contributed by atoms with E-state index in [1.54, 1.807) is 20.8 Å². The summed E-state index contributed by atoms with van der Waals surface area (Å²) in [5, 5.41) is 29.2. The highest BCUT2D eigenvalue weighted by Gasteiger charge is 2.62. The van der Waals surface area contributed by atoms with E-state index in [9.17, 15) is 20.1 Å². The van der Waals surface area contributed by atoms with Crippen LogP contribution in [-0.4, -0.2) is 62.8 Å². The van der Waals surface area contributed by atoms with E-state index < -0.39 is 35.4 Å². The summed E-state index contributed by atoms with van der Waals surface area (Å²) in [6, 6.07) is 0. The Bertz CT molecular complexity index is 361. The van der Waals surface area contributed by atoms with Crippen LogP contribution in [0.5, 0.6) is 0 Å². The molecule has 2 rings (SSSR count). The van der Waals surface area contributed by atoms with E-state index in [0.29, 0.717) is 0 Å². The van der Waals surface area contributed by atoms with Gasteiger partial charge in [0, 0.05) is 5.92 Å². The van der Waals surface area contributed by atoms with Crippen LogP contribution in [0.1, 0.15) is 33.6 Å². The van der Waals surface area contributed by atoms with E-state index in [4.69, 9.17) is 4.74 Å². The number of rotatable bonds is 1. The van der Waals surface area contributed by atoms with E-state index in [-0.39, 0.29) is 13.2 Å². The van der Waals surface area contributed by atoms with Crippen LogP contribution in [0.4, 0.5) is 4.79 Å². The van der Waals surface area contributed by atoms with Crippen LogP contribution >= 0.6 is 0 Å². The first kappa shape index (κ1) is 14.6. The maximum atomic E-state index is 12.2. The summed E-state index contributed by atoms with van der Waals surface area (Å²) >= 11 is 0. The summed E-state index contributed by atoms with van der Waals surface area (Å²) in [4.78, 5) is 13.7. The number of β-amino-alcohol motifs (C(OH)–C–C–N with tert-alkyl or cyclic N) is 1. The Kier molecular flexibility index (Phi) is 3.53. The molecule has 1 spiro atoms. The SMILES string of the molecule is CC(C)(C)OC(=O)N1C[C@@H](O)[C@H](O)[C@@H](CO)C12CC2. The standard InChI is InChI=1S/C13H23NO5/c1-12(2,3)19-11(18)14-6-9(16)10(17)8(7-15)13(14)4-5-13/h8-10,15-17H,4-7H2,1-3H3/t8-,9-,10-/m1/s1. The van der Waals surface area contributed by atoms with Crippen molar-refractivity contribution >= 4 is 6.09 Å². The van der Waals surface area contributed by atoms with Gasteiger partial charge in [-0.1, -0.05) is 0 Å². The second-order valence-electron chi connectivity index (χ2n) is 6.54. The Morgan fingerprint density at radius 3 is 2.37 bits per heavy atom. The molecule has 0 aromatic rings. The second kappa shape index (κ2) is 4.61. The summed E-state index contributed by atoms with van der Waals surface area (Å²) < 4.78 is 5.34. The van der Waals surface area contributed by atoms with Crippen molar-refractivity contribution in [1.82, 2.24) is 4.90 Å². The largest absolute Gasteiger partial charge is 0.444 e. The van der Waals surface area contributed by atoms with Gasteiger partial charge in [-0.3, -0.25) is 4.90 Å². The summed E-state index contributed by atoms with van der Waals surface area (Å²) in [7, 11) is 0. The Morgan fingerprint density at radius 2 is 1.95 bits per heavy atom. The summed E-state index contributed by atoms with van der Waals surface area (Å²) in [6.45, 7) is 5.14. The molecule has 1 saturated heterocycles. The summed E-state index contributed by atoms with van der Waals surface area (Å²) in [6.07, 6.45) is -1.08. The lowest BCUT2D eigenvalue weighted by Crippen LogP contribution is -2.63. The van der Waals surface area contributed by atoms with Crippen molar-refractivity contribution < 1.29 is 24.9 Å². The Balaban J connectivity index is 2.18. The molecule has 110 valence electrons. The average molecular weight is 273 g/mol. The Labute approximate surface area is 113 Å². The van der Waals surface area contributed by atoms with Crippen molar-refractivity contribution in [3.8, 4) is 0 Å². The molecular formula is C13H23NO5. The quantitative estimate of drug-likeness (QED) is 0.630. The number of nitrogens with zero attached hydrogens (tertiary/aromatic N) is 1. The third kappa shape index (κ3) is 2.57. The predicted octanol–water partition coefficient (Wildman–Crippen LogP) is 0.100. The third-order valence-electron chi connectivity index (χ3n) is 3.98. The van der Waals surface area contributed by atoms with Crippen LogP contribution < -0.4 is 0 Å². The zero-order chi connectivity index (χ0) is 14.4. The molecule has 19 heavy (non-hydrogen) atoms. The van der Waals surface area contributed by atoms with E-state index >= 15 is 0 Å². The van der Waals surface area contributed by atoms with Crippen molar-refractivity contribution in [3.63, 3.8) is 0 Å². The zero-order valence-electron chi connectivity index (χ0n) is 11.7. The Morgan fingerprint density at radius 1 is 1.37 bits per heavy atom. The van der Waals surface area contributed by atoms with Crippen molar-refractivity contribution in [2.75, 3.05) is 13.2 Å². The normalized spacial score (nSPS) is 33.4. The van der Waals surface area contributed by atoms with Crippen molar-refractivity contribution in [2.45, 2.75) is 57.0 Å². The third-order valence-corrected chi connectivity index (χ3v) is 3.98. The van der Waals surface area contributed by atoms with Gasteiger partial charge >= 0.3 is 6.09 Å². The van der Waals surface area contributed by atoms with Gasteiger partial charge < -0.3 is 20.1 Å². The monoisotopic (exact) mass is 273 g/mol. The molecular weight excluding hydrogens is 250 g/mol. The minimum absolute atomic E-state index is 0.0482. The molecule has 0 radical (unpaired) electrons. The molecule has 3 N–H and O–H groups in total. The molecule has 2 fully saturated rings. The molecule has 0 aromatic heterocycles. The molecule has 2 aliphatic rings. The van der Waals surface area contributed by atoms with Crippen LogP contribution in [0.2, 0.25) is 0 Å². The first-order valence-electron chi connectivity index (χ1n) is 6.69. The highest BCUT2D eigenvalue weighted by atomic mass is 16.6. The molecule has 1 heterocycles. The summed E-state index contributed by atoms with van der Waals surface area (Å²) in [5.41, 5.74) is -1.15. The molecule has 1 aliphatic heterocycles. The zero-order valence-corrected chi connectivity index (χ0v) is 11.7. The highest BCUT2D eigenvalue weighted by molar-refractivity contribution is 5.70. The van der Waals surface area contributed by atoms with Gasteiger partial charge in [-0.05, 0) is 33.6 Å². The minimum Gasteiger partial charge on any atom is -0.444 e. The van der Waals surface area contributed by atoms with Gasteiger partial charge in [-0.25, -0.2) is 4.79 Å². The van der Waals surface area contributed by atoms with Gasteiger partial charge in [0.25, 0.3) is 0 Å². The minimum atomic E-state index is -1.05. The van der Waals surface area contributed by atoms with Crippen LogP contribution in [-0.2, 0) is 4.74 Å². The maximum Gasteiger partial charge on any atom is 0.410 e. The number of carbonyl (C=O) groups excluding carboxylic acids is 1. The first-order valence-corrected chi connectivity index (χ1v) is 6.69. The molecule has 0 aromatic carbocycles. The lowest BCUT2D eigenvalue weighted by molar-refractivity contribution is -0.119. The summed E-state index contributed by atoms with van der Waals surface area (Å²) in [5.74, 6) is -0.510. The molecule has 0 unspecified atom stereocenters. The fraction of sp³-hybridized carbons (Fsp3) is 0.923. The van der Waals surface area contributed by atoms with Gasteiger partial charge in [-0.2, -0.15) is 0 Å². The number of ether oxygens (including phenoxy) is 1. The average Bonchev–Trinajstić information content (AvgIpc) is 3.03. The molecule has 1 aliphatic carbocycles. The van der Waals surface area contributed by atoms with Crippen molar-refractivity contribution in [2.24, 2.45) is 5.92 Å². The van der Waals surface area contributed by atoms with Crippen molar-refractivity contribution in [3.05, 3.63) is 0 Å². The van der Waals surface area contributed by atoms with Gasteiger partial charge in [0.15, 0.2) is 0 Å². The number of aliphatic hydroxyl groups excluding tert-OH is 3. The van der Waals surface area contributed by atoms with E-state index in [2.05, 4.69) is 0 Å². The molecule has 1 saturated carbocycles. The lowest BCUT2D eigenvalue weighted by atomic mass is 9.83. The van der Waals surface area contributed by atoms with Gasteiger partial charge in [-0.15, -0.1) is 0 Å². The van der Waals surface area contributed by atoms with Crippen LogP contribution in [0, 0.1) is 5.92 Å². The van der Waals surface area contributed by atoms with Crippen LogP contribution in [0.15, 0.2) is 0 Å². The number of amides is 1. The van der Waals surface area contributed by atoms with E-state index in [0.717, 1.165) is 12.8 Å². The topological polar surface area (TPSA) is 90.2 Å². The van der Waals surface area contributed by atoms with Gasteiger partial charge in [0.2, 0.25) is 0 Å². The van der Waals surface area contributed by atoms with Gasteiger partial charge in [0.1, 0.15) is 5.60 Å². The van der Waals surface area contributed by atoms with E-state index in [1.807, 2.05) is 0 Å². The number of hydrogen-bond donors (Lipinski definition) is 3. The predicted molar refractivity (Wildman–Crippen MR) is 67.5 cm³/mol. The van der Waals surface area contributed by atoms with Crippen molar-refractivity contribution in [1.29, 1.82) is 0 Å². The number of hydrogen-bond acceptors (Lipinski definition) is 5. The number of likely N-dealkylation sites (tertiary alicyclic amines) is 1. The van der Waals surface area contributed by atoms with Gasteiger partial charge in [0.05, 0.1) is 30.9 Å². The number of piperidine rings is 1. The molecule has 1 amide bonds. The molecule has 6 heteroatoms. The van der Waals surface area contributed by atoms with E-state index in [1.165, 1.54) is 4.90 Å². The molecule has 3 atom stereocenters. The van der Waals surface area contributed by atoms with Crippen LogP contribution in [0.3, 0.4) is 0 Å². The second-order valence-corrected chi connectivity index (χ2v) is 6.54. The maximum absolute atomic E-state index is 12.2. The van der Waals surface area contributed by atoms with Crippen LogP contribution in [0.25, 0.3) is 0 Å². The molecule has 6 nitrogen and oxygen atoms in total. The highest BCUT2D eigenvalue weighted by Crippen LogP contribution is 2.52. The number of carbonyl (C=O) groups is 1. The Hall–Kier alpha value is -0.850. The molecule has 0 bridgehead atoms. The fourth-order valence-electron chi connectivity index (χ4n) is 2.88. The fourth-order valence-corrected chi connectivity index (χ4v) is 2.88. The number of aliphatic hydroxyl groups is 3. The smallest absolute Gasteiger partial charge is 0.410 e. The first-order chi connectivity index (χ1) is 8.71. The lowest BCUT2D eigenvalue weighted by Gasteiger charge is -2.46.